The van der Waals surface area contributed by atoms with Gasteiger partial charge in [-0.25, -0.2) is 0 Å². The van der Waals surface area contributed by atoms with Gasteiger partial charge >= 0.3 is 0 Å². The van der Waals surface area contributed by atoms with Crippen LogP contribution in [0.25, 0.3) is 10.9 Å². The first-order valence-corrected chi connectivity index (χ1v) is 6.76. The second-order valence-corrected chi connectivity index (χ2v) is 5.05. The molecule has 1 aliphatic heterocycles. The SMILES string of the molecule is Cc1c[nH]c2c(OCCN3CCCC3)cccc12. The van der Waals surface area contributed by atoms with Crippen LogP contribution >= 0.6 is 0 Å². The fraction of sp³-hybridized carbons (Fsp3) is 0.467. The number of H-pyrrole nitrogens is 1. The summed E-state index contributed by atoms with van der Waals surface area (Å²) >= 11 is 0. The molecule has 3 rings (SSSR count). The van der Waals surface area contributed by atoms with E-state index in [1.807, 2.05) is 12.3 Å². The summed E-state index contributed by atoms with van der Waals surface area (Å²) in [4.78, 5) is 5.77. The molecule has 0 amide bonds. The van der Waals surface area contributed by atoms with Crippen LogP contribution in [0.4, 0.5) is 0 Å². The topological polar surface area (TPSA) is 28.3 Å². The van der Waals surface area contributed by atoms with Crippen LogP contribution in [0.5, 0.6) is 5.75 Å². The van der Waals surface area contributed by atoms with Gasteiger partial charge in [0.05, 0.1) is 5.52 Å². The molecular formula is C15H20N2O. The molecule has 1 aromatic heterocycles. The Labute approximate surface area is 108 Å². The van der Waals surface area contributed by atoms with Crippen molar-refractivity contribution in [1.29, 1.82) is 0 Å². The molecule has 0 radical (unpaired) electrons. The number of benzene rings is 1. The number of nitrogens with zero attached hydrogens (tertiary/aromatic N) is 1. The first-order valence-electron chi connectivity index (χ1n) is 6.76. The molecule has 96 valence electrons. The van der Waals surface area contributed by atoms with Gasteiger partial charge in [-0.15, -0.1) is 0 Å². The summed E-state index contributed by atoms with van der Waals surface area (Å²) in [6, 6.07) is 6.24. The Balaban J connectivity index is 1.66. The maximum atomic E-state index is 5.92. The average Bonchev–Trinajstić information content (AvgIpc) is 3.01. The highest BCUT2D eigenvalue weighted by Crippen LogP contribution is 2.26. The minimum Gasteiger partial charge on any atom is -0.490 e. The number of para-hydroxylation sites is 1. The summed E-state index contributed by atoms with van der Waals surface area (Å²) in [6.07, 6.45) is 4.72. The zero-order chi connectivity index (χ0) is 12.4. The number of nitrogens with one attached hydrogen (secondary N) is 1. The fourth-order valence-electron chi connectivity index (χ4n) is 2.68. The number of aromatic nitrogens is 1. The molecule has 0 spiro atoms. The number of likely N-dealkylation sites (tertiary alicyclic amines) is 1. The molecule has 3 heteroatoms. The van der Waals surface area contributed by atoms with Crippen molar-refractivity contribution in [3.8, 4) is 5.75 Å². The first-order chi connectivity index (χ1) is 8.84. The molecule has 1 aromatic carbocycles. The molecule has 2 aromatic rings. The predicted octanol–water partition coefficient (Wildman–Crippen LogP) is 2.95. The molecule has 1 fully saturated rings. The summed E-state index contributed by atoms with van der Waals surface area (Å²) in [5.74, 6) is 0.972. The third kappa shape index (κ3) is 2.23. The highest BCUT2D eigenvalue weighted by atomic mass is 16.5. The van der Waals surface area contributed by atoms with Crippen molar-refractivity contribution in [2.24, 2.45) is 0 Å². The van der Waals surface area contributed by atoms with Gasteiger partial charge in [-0.05, 0) is 44.5 Å². The summed E-state index contributed by atoms with van der Waals surface area (Å²) in [5.41, 5.74) is 2.39. The molecule has 1 saturated heterocycles. The minimum atomic E-state index is 0.775. The number of aromatic amines is 1. The third-order valence-electron chi connectivity index (χ3n) is 3.75. The van der Waals surface area contributed by atoms with E-state index in [4.69, 9.17) is 4.74 Å². The zero-order valence-corrected chi connectivity index (χ0v) is 10.9. The van der Waals surface area contributed by atoms with E-state index < -0.39 is 0 Å². The number of ether oxygens (including phenoxy) is 1. The Morgan fingerprint density at radius 2 is 2.11 bits per heavy atom. The van der Waals surface area contributed by atoms with Crippen LogP contribution in [0.3, 0.4) is 0 Å². The second kappa shape index (κ2) is 5.02. The van der Waals surface area contributed by atoms with Crippen molar-refractivity contribution >= 4 is 10.9 Å². The third-order valence-corrected chi connectivity index (χ3v) is 3.75. The molecule has 0 bridgehead atoms. The van der Waals surface area contributed by atoms with Gasteiger partial charge in [-0.1, -0.05) is 12.1 Å². The maximum Gasteiger partial charge on any atom is 0.143 e. The monoisotopic (exact) mass is 244 g/mol. The van der Waals surface area contributed by atoms with Crippen LogP contribution in [0.1, 0.15) is 18.4 Å². The van der Waals surface area contributed by atoms with Gasteiger partial charge in [0.15, 0.2) is 0 Å². The first kappa shape index (κ1) is 11.6. The van der Waals surface area contributed by atoms with Crippen LogP contribution in [-0.2, 0) is 0 Å². The van der Waals surface area contributed by atoms with Crippen molar-refractivity contribution in [1.82, 2.24) is 9.88 Å². The lowest BCUT2D eigenvalue weighted by Crippen LogP contribution is -2.25. The highest BCUT2D eigenvalue weighted by molar-refractivity contribution is 5.88. The molecular weight excluding hydrogens is 224 g/mol. The molecule has 0 saturated carbocycles. The summed E-state index contributed by atoms with van der Waals surface area (Å²) < 4.78 is 5.92. The Bertz CT molecular complexity index is 526. The van der Waals surface area contributed by atoms with E-state index >= 15 is 0 Å². The summed E-state index contributed by atoms with van der Waals surface area (Å²) in [6.45, 7) is 6.39. The second-order valence-electron chi connectivity index (χ2n) is 5.05. The lowest BCUT2D eigenvalue weighted by molar-refractivity contribution is 0.239. The predicted molar refractivity (Wildman–Crippen MR) is 74.2 cm³/mol. The average molecular weight is 244 g/mol. The van der Waals surface area contributed by atoms with Crippen molar-refractivity contribution in [3.63, 3.8) is 0 Å². The number of rotatable bonds is 4. The van der Waals surface area contributed by atoms with Crippen LogP contribution in [0.15, 0.2) is 24.4 Å². The Kier molecular flexibility index (Phi) is 3.24. The van der Waals surface area contributed by atoms with Crippen molar-refractivity contribution in [2.45, 2.75) is 19.8 Å². The largest absolute Gasteiger partial charge is 0.490 e. The van der Waals surface area contributed by atoms with Gasteiger partial charge in [-0.3, -0.25) is 4.90 Å². The van der Waals surface area contributed by atoms with E-state index in [0.717, 1.165) is 24.4 Å². The van der Waals surface area contributed by atoms with Crippen LogP contribution in [-0.4, -0.2) is 36.1 Å². The standard InChI is InChI=1S/C15H20N2O/c1-12-11-16-15-13(12)5-4-6-14(15)18-10-9-17-7-2-3-8-17/h4-6,11,16H,2-3,7-10H2,1H3. The van der Waals surface area contributed by atoms with Crippen molar-refractivity contribution in [2.75, 3.05) is 26.2 Å². The molecule has 3 nitrogen and oxygen atoms in total. The van der Waals surface area contributed by atoms with E-state index in [1.54, 1.807) is 0 Å². The quantitative estimate of drug-likeness (QED) is 0.895. The Morgan fingerprint density at radius 3 is 2.94 bits per heavy atom. The molecule has 0 aliphatic carbocycles. The van der Waals surface area contributed by atoms with Gasteiger partial charge in [0.2, 0.25) is 0 Å². The Hall–Kier alpha value is -1.48. The molecule has 1 N–H and O–H groups in total. The molecule has 18 heavy (non-hydrogen) atoms. The van der Waals surface area contributed by atoms with Crippen LogP contribution in [0, 0.1) is 6.92 Å². The Morgan fingerprint density at radius 1 is 1.28 bits per heavy atom. The van der Waals surface area contributed by atoms with Crippen LogP contribution in [0.2, 0.25) is 0 Å². The number of hydrogen-bond donors (Lipinski definition) is 1. The zero-order valence-electron chi connectivity index (χ0n) is 10.9. The molecule has 0 atom stereocenters. The molecule has 0 unspecified atom stereocenters. The number of aryl methyl sites for hydroxylation is 1. The van der Waals surface area contributed by atoms with Crippen molar-refractivity contribution < 1.29 is 4.74 Å². The fourth-order valence-corrected chi connectivity index (χ4v) is 2.68. The minimum absolute atomic E-state index is 0.775. The molecule has 1 aliphatic rings. The van der Waals surface area contributed by atoms with E-state index in [-0.39, 0.29) is 0 Å². The van der Waals surface area contributed by atoms with E-state index in [0.29, 0.717) is 0 Å². The molecule has 2 heterocycles. The highest BCUT2D eigenvalue weighted by Gasteiger charge is 2.11. The summed E-state index contributed by atoms with van der Waals surface area (Å²) in [7, 11) is 0. The van der Waals surface area contributed by atoms with E-state index in [9.17, 15) is 0 Å². The normalized spacial score (nSPS) is 16.5. The van der Waals surface area contributed by atoms with Crippen molar-refractivity contribution in [3.05, 3.63) is 30.0 Å². The van der Waals surface area contributed by atoms with Gasteiger partial charge in [0, 0.05) is 18.1 Å². The summed E-state index contributed by atoms with van der Waals surface area (Å²) in [5, 5.41) is 1.26. The van der Waals surface area contributed by atoms with Gasteiger partial charge < -0.3 is 9.72 Å². The number of fused-ring (bicyclic) bond motifs is 1. The van der Waals surface area contributed by atoms with Gasteiger partial charge in [0.25, 0.3) is 0 Å². The number of hydrogen-bond acceptors (Lipinski definition) is 2. The lowest BCUT2D eigenvalue weighted by Gasteiger charge is -2.15. The van der Waals surface area contributed by atoms with Crippen LogP contribution < -0.4 is 4.74 Å². The smallest absolute Gasteiger partial charge is 0.143 e. The van der Waals surface area contributed by atoms with Gasteiger partial charge in [0.1, 0.15) is 12.4 Å². The van der Waals surface area contributed by atoms with E-state index in [1.165, 1.54) is 36.9 Å². The lowest BCUT2D eigenvalue weighted by atomic mass is 10.2. The van der Waals surface area contributed by atoms with E-state index in [2.05, 4.69) is 28.9 Å². The van der Waals surface area contributed by atoms with Gasteiger partial charge in [-0.2, -0.15) is 0 Å². The maximum absolute atomic E-state index is 5.92.